The molecule has 0 spiro atoms. The monoisotopic (exact) mass is 211 g/mol. The lowest BCUT2D eigenvalue weighted by molar-refractivity contribution is 0.300. The van der Waals surface area contributed by atoms with E-state index in [1.54, 1.807) is 0 Å². The third-order valence-corrected chi connectivity index (χ3v) is 3.47. The van der Waals surface area contributed by atoms with Gasteiger partial charge >= 0.3 is 0 Å². The zero-order valence-electron chi connectivity index (χ0n) is 8.57. The van der Waals surface area contributed by atoms with E-state index in [2.05, 4.69) is 21.8 Å². The maximum Gasteiger partial charge on any atom is 0.0893 e. The molecule has 0 aromatic carbocycles. The summed E-state index contributed by atoms with van der Waals surface area (Å²) in [4.78, 5) is 0. The van der Waals surface area contributed by atoms with Crippen LogP contribution in [0.2, 0.25) is 0 Å². The highest BCUT2D eigenvalue weighted by Crippen LogP contribution is 2.23. The Kier molecular flexibility index (Phi) is 3.48. The summed E-state index contributed by atoms with van der Waals surface area (Å²) in [7, 11) is 0. The number of aromatic nitrogens is 2. The van der Waals surface area contributed by atoms with E-state index in [4.69, 9.17) is 0 Å². The summed E-state index contributed by atoms with van der Waals surface area (Å²) in [6.45, 7) is 3.23. The molecule has 1 saturated carbocycles. The van der Waals surface area contributed by atoms with Gasteiger partial charge in [-0.2, -0.15) is 0 Å². The van der Waals surface area contributed by atoms with Crippen molar-refractivity contribution < 1.29 is 0 Å². The quantitative estimate of drug-likeness (QED) is 0.833. The molecule has 78 valence electrons. The molecule has 0 saturated heterocycles. The number of hydrogen-bond donors (Lipinski definition) is 1. The third kappa shape index (κ3) is 2.75. The van der Waals surface area contributed by atoms with Crippen LogP contribution in [0.1, 0.15) is 38.3 Å². The fourth-order valence-corrected chi connectivity index (χ4v) is 2.58. The van der Waals surface area contributed by atoms with Gasteiger partial charge in [-0.1, -0.05) is 24.3 Å². The van der Waals surface area contributed by atoms with Gasteiger partial charge in [0.15, 0.2) is 0 Å². The van der Waals surface area contributed by atoms with Crippen LogP contribution in [0.3, 0.4) is 0 Å². The first-order valence-corrected chi connectivity index (χ1v) is 6.17. The zero-order chi connectivity index (χ0) is 9.80. The van der Waals surface area contributed by atoms with Crippen molar-refractivity contribution in [3.05, 3.63) is 11.1 Å². The van der Waals surface area contributed by atoms with Gasteiger partial charge in [0.1, 0.15) is 0 Å². The first kappa shape index (κ1) is 10.1. The Hall–Kier alpha value is -0.480. The second kappa shape index (κ2) is 4.84. The van der Waals surface area contributed by atoms with Gasteiger partial charge in [0.2, 0.25) is 0 Å². The molecule has 14 heavy (non-hydrogen) atoms. The van der Waals surface area contributed by atoms with Crippen molar-refractivity contribution in [1.82, 2.24) is 14.9 Å². The first-order chi connectivity index (χ1) is 6.84. The van der Waals surface area contributed by atoms with E-state index in [-0.39, 0.29) is 0 Å². The Morgan fingerprint density at radius 2 is 2.50 bits per heavy atom. The number of nitrogens with zero attached hydrogens (tertiary/aromatic N) is 2. The van der Waals surface area contributed by atoms with Crippen LogP contribution in [0, 0.1) is 5.92 Å². The lowest BCUT2D eigenvalue weighted by atomic mass is 9.87. The minimum atomic E-state index is 0.695. The molecule has 0 amide bonds. The fourth-order valence-electron chi connectivity index (χ4n) is 2.13. The highest BCUT2D eigenvalue weighted by Gasteiger charge is 2.18. The van der Waals surface area contributed by atoms with E-state index < -0.39 is 0 Å². The van der Waals surface area contributed by atoms with Crippen LogP contribution in [-0.2, 0) is 6.54 Å². The van der Waals surface area contributed by atoms with Gasteiger partial charge in [-0.05, 0) is 30.3 Å². The van der Waals surface area contributed by atoms with E-state index >= 15 is 0 Å². The number of nitrogens with one attached hydrogen (secondary N) is 1. The molecule has 1 aromatic rings. The Morgan fingerprint density at radius 3 is 3.21 bits per heavy atom. The van der Waals surface area contributed by atoms with Crippen LogP contribution in [0.25, 0.3) is 0 Å². The van der Waals surface area contributed by atoms with Crippen LogP contribution in [0.4, 0.5) is 0 Å². The molecule has 1 aliphatic carbocycles. The van der Waals surface area contributed by atoms with Gasteiger partial charge in [-0.15, -0.1) is 5.10 Å². The molecule has 2 rings (SSSR count). The maximum absolute atomic E-state index is 4.03. The predicted octanol–water partition coefficient (Wildman–Crippen LogP) is 2.21. The van der Waals surface area contributed by atoms with Crippen molar-refractivity contribution >= 4 is 11.5 Å². The maximum atomic E-state index is 4.03. The molecule has 1 N–H and O–H groups in total. The third-order valence-electron chi connectivity index (χ3n) is 2.91. The Morgan fingerprint density at radius 1 is 1.57 bits per heavy atom. The molecular weight excluding hydrogens is 194 g/mol. The predicted molar refractivity (Wildman–Crippen MR) is 58.2 cm³/mol. The summed E-state index contributed by atoms with van der Waals surface area (Å²) in [6.07, 6.45) is 5.41. The van der Waals surface area contributed by atoms with E-state index in [1.807, 2.05) is 5.38 Å². The molecule has 2 atom stereocenters. The molecule has 1 aromatic heterocycles. The standard InChI is InChI=1S/C10H17N3S/c1-8-3-2-4-9(5-8)11-6-10-7-14-13-12-10/h7-9,11H,2-6H2,1H3. The summed E-state index contributed by atoms with van der Waals surface area (Å²) in [5.41, 5.74) is 1.08. The second-order valence-electron chi connectivity index (χ2n) is 4.25. The average molecular weight is 211 g/mol. The molecule has 0 aliphatic heterocycles. The lowest BCUT2D eigenvalue weighted by Gasteiger charge is -2.27. The summed E-state index contributed by atoms with van der Waals surface area (Å²) in [6, 6.07) is 0.695. The van der Waals surface area contributed by atoms with Crippen molar-refractivity contribution in [2.75, 3.05) is 0 Å². The van der Waals surface area contributed by atoms with Crippen LogP contribution >= 0.6 is 11.5 Å². The van der Waals surface area contributed by atoms with E-state index in [0.717, 1.165) is 18.2 Å². The van der Waals surface area contributed by atoms with Gasteiger partial charge in [0, 0.05) is 18.0 Å². The van der Waals surface area contributed by atoms with Crippen molar-refractivity contribution in [3.8, 4) is 0 Å². The van der Waals surface area contributed by atoms with Gasteiger partial charge in [0.05, 0.1) is 5.69 Å². The van der Waals surface area contributed by atoms with Gasteiger partial charge in [-0.25, -0.2) is 0 Å². The minimum Gasteiger partial charge on any atom is -0.308 e. The van der Waals surface area contributed by atoms with Gasteiger partial charge in [0.25, 0.3) is 0 Å². The number of rotatable bonds is 3. The van der Waals surface area contributed by atoms with E-state index in [0.29, 0.717) is 6.04 Å². The summed E-state index contributed by atoms with van der Waals surface area (Å²) in [5, 5.41) is 9.60. The lowest BCUT2D eigenvalue weighted by Crippen LogP contribution is -2.33. The average Bonchev–Trinajstić information content (AvgIpc) is 2.67. The van der Waals surface area contributed by atoms with Crippen LogP contribution in [0.5, 0.6) is 0 Å². The summed E-state index contributed by atoms with van der Waals surface area (Å²) >= 11 is 1.43. The van der Waals surface area contributed by atoms with Crippen LogP contribution in [0.15, 0.2) is 5.38 Å². The zero-order valence-corrected chi connectivity index (χ0v) is 9.39. The topological polar surface area (TPSA) is 37.8 Å². The molecule has 4 heteroatoms. The van der Waals surface area contributed by atoms with E-state index in [9.17, 15) is 0 Å². The van der Waals surface area contributed by atoms with Crippen molar-refractivity contribution in [2.24, 2.45) is 5.92 Å². The van der Waals surface area contributed by atoms with Crippen LogP contribution < -0.4 is 5.32 Å². The smallest absolute Gasteiger partial charge is 0.0893 e. The second-order valence-corrected chi connectivity index (χ2v) is 4.86. The van der Waals surface area contributed by atoms with Crippen molar-refractivity contribution in [1.29, 1.82) is 0 Å². The van der Waals surface area contributed by atoms with E-state index in [1.165, 1.54) is 37.2 Å². The first-order valence-electron chi connectivity index (χ1n) is 5.34. The largest absolute Gasteiger partial charge is 0.308 e. The van der Waals surface area contributed by atoms with Crippen LogP contribution in [-0.4, -0.2) is 15.6 Å². The van der Waals surface area contributed by atoms with Crippen molar-refractivity contribution in [2.45, 2.75) is 45.2 Å². The normalized spacial score (nSPS) is 27.8. The fraction of sp³-hybridized carbons (Fsp3) is 0.800. The molecule has 0 radical (unpaired) electrons. The van der Waals surface area contributed by atoms with Gasteiger partial charge < -0.3 is 5.32 Å². The van der Waals surface area contributed by atoms with Crippen molar-refractivity contribution in [3.63, 3.8) is 0 Å². The SMILES string of the molecule is CC1CCCC(NCc2csnn2)C1. The molecule has 2 unspecified atom stereocenters. The Bertz CT molecular complexity index is 260. The summed E-state index contributed by atoms with van der Waals surface area (Å²) < 4.78 is 3.85. The molecule has 0 bridgehead atoms. The molecule has 1 fully saturated rings. The Labute approximate surface area is 89.1 Å². The molecule has 1 aliphatic rings. The minimum absolute atomic E-state index is 0.695. The highest BCUT2D eigenvalue weighted by atomic mass is 32.1. The Balaban J connectivity index is 1.75. The number of hydrogen-bond acceptors (Lipinski definition) is 4. The molecule has 3 nitrogen and oxygen atoms in total. The van der Waals surface area contributed by atoms with Gasteiger partial charge in [-0.3, -0.25) is 0 Å². The molecular formula is C10H17N3S. The highest BCUT2D eigenvalue weighted by molar-refractivity contribution is 7.03. The molecule has 1 heterocycles. The summed E-state index contributed by atoms with van der Waals surface area (Å²) in [5.74, 6) is 0.884.